The van der Waals surface area contributed by atoms with Crippen LogP contribution in [0.3, 0.4) is 0 Å². The topological polar surface area (TPSA) is 43.7 Å². The van der Waals surface area contributed by atoms with Crippen LogP contribution in [0.1, 0.15) is 5.56 Å². The van der Waals surface area contributed by atoms with E-state index in [4.69, 9.17) is 10.3 Å². The standard InChI is InChI=1S/C8H7NO2S/c10-7-2-1-6-3-4-9(11)12-8(6)5-7/h1-5,10-11H. The fraction of sp³-hybridized carbons (Fsp3) is 0. The predicted octanol–water partition coefficient (Wildman–Crippen LogP) is 2.07. The van der Waals surface area contributed by atoms with Crippen molar-refractivity contribution in [2.75, 3.05) is 0 Å². The lowest BCUT2D eigenvalue weighted by Gasteiger charge is -2.16. The molecule has 4 heteroatoms. The highest BCUT2D eigenvalue weighted by atomic mass is 32.2. The Hall–Kier alpha value is -1.13. The highest BCUT2D eigenvalue weighted by Gasteiger charge is 2.09. The molecule has 0 aliphatic carbocycles. The molecule has 0 radical (unpaired) electrons. The summed E-state index contributed by atoms with van der Waals surface area (Å²) < 4.78 is 1.00. The number of hydrogen-bond acceptors (Lipinski definition) is 4. The Bertz CT molecular complexity index is 338. The lowest BCUT2D eigenvalue weighted by molar-refractivity contribution is 0.0694. The summed E-state index contributed by atoms with van der Waals surface area (Å²) in [5, 5.41) is 18.2. The molecule has 1 heterocycles. The molecule has 62 valence electrons. The molecule has 0 amide bonds. The van der Waals surface area contributed by atoms with Gasteiger partial charge in [0.1, 0.15) is 5.75 Å². The number of benzene rings is 1. The number of aromatic hydroxyl groups is 1. The van der Waals surface area contributed by atoms with Gasteiger partial charge in [0.05, 0.1) is 0 Å². The summed E-state index contributed by atoms with van der Waals surface area (Å²) in [6.45, 7) is 0. The molecule has 0 fully saturated rings. The maximum Gasteiger partial charge on any atom is 0.116 e. The molecule has 1 aliphatic rings. The van der Waals surface area contributed by atoms with Crippen molar-refractivity contribution in [1.29, 1.82) is 0 Å². The lowest BCUT2D eigenvalue weighted by atomic mass is 10.2. The second kappa shape index (κ2) is 2.73. The van der Waals surface area contributed by atoms with Gasteiger partial charge in [0.25, 0.3) is 0 Å². The molecule has 3 nitrogen and oxygen atoms in total. The van der Waals surface area contributed by atoms with Crippen molar-refractivity contribution in [3.8, 4) is 5.75 Å². The number of fused-ring (bicyclic) bond motifs is 1. The van der Waals surface area contributed by atoms with Crippen molar-refractivity contribution >= 4 is 18.0 Å². The van der Waals surface area contributed by atoms with Crippen molar-refractivity contribution in [3.05, 3.63) is 30.0 Å². The zero-order chi connectivity index (χ0) is 8.55. The van der Waals surface area contributed by atoms with Crippen LogP contribution in [-0.2, 0) is 0 Å². The molecule has 0 unspecified atom stereocenters. The summed E-state index contributed by atoms with van der Waals surface area (Å²) in [5.41, 5.74) is 1.00. The first-order valence-corrected chi connectivity index (χ1v) is 4.20. The molecule has 0 atom stereocenters. The Morgan fingerprint density at radius 1 is 1.33 bits per heavy atom. The largest absolute Gasteiger partial charge is 0.508 e. The quantitative estimate of drug-likeness (QED) is 0.601. The molecular weight excluding hydrogens is 174 g/mol. The first-order chi connectivity index (χ1) is 5.75. The van der Waals surface area contributed by atoms with Gasteiger partial charge in [-0.3, -0.25) is 5.21 Å². The average Bonchev–Trinajstić information content (AvgIpc) is 2.03. The summed E-state index contributed by atoms with van der Waals surface area (Å²) in [4.78, 5) is 0.847. The van der Waals surface area contributed by atoms with Crippen molar-refractivity contribution in [3.63, 3.8) is 0 Å². The van der Waals surface area contributed by atoms with Crippen molar-refractivity contribution in [2.24, 2.45) is 0 Å². The van der Waals surface area contributed by atoms with Crippen LogP contribution >= 0.6 is 11.9 Å². The maximum atomic E-state index is 9.14. The first kappa shape index (κ1) is 7.52. The molecule has 0 bridgehead atoms. The second-order valence-electron chi connectivity index (χ2n) is 2.43. The molecular formula is C8H7NO2S. The summed E-state index contributed by atoms with van der Waals surface area (Å²) in [7, 11) is 0. The third-order valence-electron chi connectivity index (χ3n) is 1.57. The molecule has 2 rings (SSSR count). The van der Waals surface area contributed by atoms with Gasteiger partial charge in [-0.15, -0.1) is 0 Å². The minimum atomic E-state index is 0.213. The van der Waals surface area contributed by atoms with Gasteiger partial charge in [-0.1, -0.05) is 6.07 Å². The minimum absolute atomic E-state index is 0.213. The van der Waals surface area contributed by atoms with E-state index in [9.17, 15) is 0 Å². The van der Waals surface area contributed by atoms with Gasteiger partial charge in [0, 0.05) is 23.0 Å². The number of rotatable bonds is 0. The molecule has 1 aromatic rings. The van der Waals surface area contributed by atoms with Gasteiger partial charge in [-0.2, -0.15) is 0 Å². The van der Waals surface area contributed by atoms with E-state index >= 15 is 0 Å². The Morgan fingerprint density at radius 2 is 2.17 bits per heavy atom. The third kappa shape index (κ3) is 1.26. The number of phenolic OH excluding ortho intramolecular Hbond substituents is 1. The fourth-order valence-electron chi connectivity index (χ4n) is 1.02. The van der Waals surface area contributed by atoms with Gasteiger partial charge in [0.2, 0.25) is 0 Å². The van der Waals surface area contributed by atoms with Crippen molar-refractivity contribution < 1.29 is 10.3 Å². The molecule has 0 saturated heterocycles. The second-order valence-corrected chi connectivity index (χ2v) is 3.43. The van der Waals surface area contributed by atoms with Gasteiger partial charge in [0.15, 0.2) is 0 Å². The summed E-state index contributed by atoms with van der Waals surface area (Å²) in [6, 6.07) is 5.05. The Balaban J connectivity index is 2.47. The molecule has 1 aromatic carbocycles. The van der Waals surface area contributed by atoms with E-state index in [1.807, 2.05) is 0 Å². The highest BCUT2D eigenvalue weighted by molar-refractivity contribution is 7.97. The predicted molar refractivity (Wildman–Crippen MR) is 46.6 cm³/mol. The first-order valence-electron chi connectivity index (χ1n) is 3.43. The highest BCUT2D eigenvalue weighted by Crippen LogP contribution is 2.32. The van der Waals surface area contributed by atoms with Gasteiger partial charge < -0.3 is 5.11 Å². The van der Waals surface area contributed by atoms with Crippen LogP contribution in [0.15, 0.2) is 29.3 Å². The van der Waals surface area contributed by atoms with Crippen LogP contribution in [0.5, 0.6) is 5.75 Å². The van der Waals surface area contributed by atoms with Crippen LogP contribution in [0.25, 0.3) is 6.08 Å². The van der Waals surface area contributed by atoms with Gasteiger partial charge >= 0.3 is 0 Å². The lowest BCUT2D eigenvalue weighted by Crippen LogP contribution is -2.03. The maximum absolute atomic E-state index is 9.14. The van der Waals surface area contributed by atoms with Crippen LogP contribution < -0.4 is 0 Å². The Labute approximate surface area is 74.0 Å². The zero-order valence-electron chi connectivity index (χ0n) is 6.14. The number of hydroxylamine groups is 1. The molecule has 1 aliphatic heterocycles. The normalized spacial score (nSPS) is 14.6. The Kier molecular flexibility index (Phi) is 1.71. The summed E-state index contributed by atoms with van der Waals surface area (Å²) >= 11 is 1.17. The number of nitrogens with zero attached hydrogens (tertiary/aromatic N) is 1. The van der Waals surface area contributed by atoms with Gasteiger partial charge in [-0.25, -0.2) is 4.47 Å². The van der Waals surface area contributed by atoms with E-state index in [-0.39, 0.29) is 5.75 Å². The van der Waals surface area contributed by atoms with Crippen LogP contribution in [0.2, 0.25) is 0 Å². The summed E-state index contributed by atoms with van der Waals surface area (Å²) in [5.74, 6) is 0.213. The van der Waals surface area contributed by atoms with Crippen molar-refractivity contribution in [1.82, 2.24) is 4.47 Å². The number of hydrogen-bond donors (Lipinski definition) is 2. The molecule has 0 spiro atoms. The van der Waals surface area contributed by atoms with Crippen LogP contribution in [0, 0.1) is 0 Å². The zero-order valence-corrected chi connectivity index (χ0v) is 6.95. The molecule has 0 aromatic heterocycles. The molecule has 12 heavy (non-hydrogen) atoms. The Morgan fingerprint density at radius 3 is 3.00 bits per heavy atom. The number of phenols is 1. The van der Waals surface area contributed by atoms with E-state index in [2.05, 4.69) is 0 Å². The monoisotopic (exact) mass is 181 g/mol. The van der Waals surface area contributed by atoms with E-state index in [0.29, 0.717) is 0 Å². The van der Waals surface area contributed by atoms with E-state index in [1.54, 1.807) is 30.5 Å². The average molecular weight is 181 g/mol. The smallest absolute Gasteiger partial charge is 0.116 e. The fourth-order valence-corrected chi connectivity index (χ4v) is 1.75. The van der Waals surface area contributed by atoms with E-state index in [1.165, 1.54) is 11.9 Å². The molecule has 0 saturated carbocycles. The summed E-state index contributed by atoms with van der Waals surface area (Å²) in [6.07, 6.45) is 3.34. The molecule has 2 N–H and O–H groups in total. The van der Waals surface area contributed by atoms with Gasteiger partial charge in [-0.05, 0) is 23.8 Å². The SMILES string of the molecule is Oc1ccc2c(c1)SN(O)C=C2. The minimum Gasteiger partial charge on any atom is -0.508 e. The van der Waals surface area contributed by atoms with E-state index in [0.717, 1.165) is 14.9 Å². The van der Waals surface area contributed by atoms with Crippen LogP contribution in [-0.4, -0.2) is 14.8 Å². The van der Waals surface area contributed by atoms with Crippen molar-refractivity contribution in [2.45, 2.75) is 4.90 Å². The van der Waals surface area contributed by atoms with Crippen LogP contribution in [0.4, 0.5) is 0 Å². The van der Waals surface area contributed by atoms with E-state index < -0.39 is 0 Å². The third-order valence-corrected chi connectivity index (χ3v) is 2.43.